The molecule has 0 radical (unpaired) electrons. The molecular weight excluding hydrogens is 528 g/mol. The van der Waals surface area contributed by atoms with E-state index in [2.05, 4.69) is 24.3 Å². The Hall–Kier alpha value is -3.28. The Labute approximate surface area is 251 Å². The number of aliphatic carboxylic acids is 1. The van der Waals surface area contributed by atoms with Gasteiger partial charge < -0.3 is 9.84 Å². The van der Waals surface area contributed by atoms with E-state index in [1.165, 1.54) is 22.3 Å². The van der Waals surface area contributed by atoms with Crippen LogP contribution in [0.25, 0.3) is 11.1 Å². The first-order valence-electron chi connectivity index (χ1n) is 16.0. The quantitative estimate of drug-likeness (QED) is 0.105. The second-order valence-corrected chi connectivity index (χ2v) is 11.6. The smallest absolute Gasteiger partial charge is 0.305 e. The summed E-state index contributed by atoms with van der Waals surface area (Å²) in [5, 5.41) is 8.62. The van der Waals surface area contributed by atoms with Crippen molar-refractivity contribution in [1.29, 1.82) is 0 Å². The number of hydrogen-bond acceptors (Lipinski definition) is 5. The third-order valence-electron chi connectivity index (χ3n) is 8.22. The molecular formula is C36H48O6. The molecule has 0 amide bonds. The van der Waals surface area contributed by atoms with Gasteiger partial charge in [-0.3, -0.25) is 19.2 Å². The van der Waals surface area contributed by atoms with E-state index in [1.54, 1.807) is 0 Å². The highest BCUT2D eigenvalue weighted by Gasteiger charge is 2.28. The maximum atomic E-state index is 12.4. The van der Waals surface area contributed by atoms with Gasteiger partial charge >= 0.3 is 11.9 Å². The minimum absolute atomic E-state index is 0.0917. The van der Waals surface area contributed by atoms with Crippen molar-refractivity contribution in [2.75, 3.05) is 6.61 Å². The van der Waals surface area contributed by atoms with Gasteiger partial charge in [-0.15, -0.1) is 0 Å². The summed E-state index contributed by atoms with van der Waals surface area (Å²) in [6, 6.07) is 16.7. The van der Waals surface area contributed by atoms with Crippen molar-refractivity contribution in [1.82, 2.24) is 0 Å². The molecule has 0 unspecified atom stereocenters. The second-order valence-electron chi connectivity index (χ2n) is 11.6. The van der Waals surface area contributed by atoms with Crippen molar-refractivity contribution in [3.05, 3.63) is 59.7 Å². The number of esters is 1. The van der Waals surface area contributed by atoms with Gasteiger partial charge in [-0.25, -0.2) is 0 Å². The molecule has 1 aliphatic carbocycles. The maximum Gasteiger partial charge on any atom is 0.305 e. The van der Waals surface area contributed by atoms with Crippen LogP contribution >= 0.6 is 0 Å². The molecule has 228 valence electrons. The number of carboxylic acids is 1. The molecule has 0 spiro atoms. The van der Waals surface area contributed by atoms with Crippen LogP contribution in [-0.4, -0.2) is 35.2 Å². The SMILES string of the molecule is O=C(O)CCCCCCC(=O)CCCCCCC(=O)CCCCCCC(=O)OCC1c2ccccc2-c2ccccc21. The molecule has 0 aromatic heterocycles. The Morgan fingerprint density at radius 2 is 0.905 bits per heavy atom. The number of carbonyl (C=O) groups excluding carboxylic acids is 3. The van der Waals surface area contributed by atoms with Crippen LogP contribution in [-0.2, 0) is 23.9 Å². The van der Waals surface area contributed by atoms with Crippen molar-refractivity contribution in [2.45, 2.75) is 121 Å². The molecule has 2 aromatic rings. The summed E-state index contributed by atoms with van der Waals surface area (Å²) >= 11 is 0. The van der Waals surface area contributed by atoms with Crippen molar-refractivity contribution >= 4 is 23.5 Å². The number of fused-ring (bicyclic) bond motifs is 3. The predicted molar refractivity (Wildman–Crippen MR) is 165 cm³/mol. The summed E-state index contributed by atoms with van der Waals surface area (Å²) in [4.78, 5) is 47.0. The summed E-state index contributed by atoms with van der Waals surface area (Å²) in [6.07, 6.45) is 13.6. The molecule has 0 fully saturated rings. The minimum Gasteiger partial charge on any atom is -0.481 e. The summed E-state index contributed by atoms with van der Waals surface area (Å²) < 4.78 is 5.68. The van der Waals surface area contributed by atoms with E-state index in [0.29, 0.717) is 56.7 Å². The molecule has 0 saturated carbocycles. The first-order chi connectivity index (χ1) is 20.5. The molecule has 0 aliphatic heterocycles. The Morgan fingerprint density at radius 3 is 1.33 bits per heavy atom. The summed E-state index contributed by atoms with van der Waals surface area (Å²) in [7, 11) is 0. The molecule has 0 heterocycles. The highest BCUT2D eigenvalue weighted by molar-refractivity contribution is 5.79. The molecule has 6 heteroatoms. The van der Waals surface area contributed by atoms with Crippen molar-refractivity contribution < 1.29 is 29.0 Å². The molecule has 0 saturated heterocycles. The topological polar surface area (TPSA) is 97.7 Å². The zero-order valence-electron chi connectivity index (χ0n) is 25.1. The second kappa shape index (κ2) is 19.0. The lowest BCUT2D eigenvalue weighted by Gasteiger charge is -2.14. The van der Waals surface area contributed by atoms with Gasteiger partial charge in [0.05, 0.1) is 0 Å². The fraction of sp³-hybridized carbons (Fsp3) is 0.556. The molecule has 1 N–H and O–H groups in total. The van der Waals surface area contributed by atoms with E-state index in [4.69, 9.17) is 9.84 Å². The largest absolute Gasteiger partial charge is 0.481 e. The highest BCUT2D eigenvalue weighted by atomic mass is 16.5. The van der Waals surface area contributed by atoms with E-state index in [9.17, 15) is 19.2 Å². The first-order valence-corrected chi connectivity index (χ1v) is 16.0. The van der Waals surface area contributed by atoms with Crippen LogP contribution in [0.15, 0.2) is 48.5 Å². The normalized spacial score (nSPS) is 12.1. The number of carbonyl (C=O) groups is 4. The lowest BCUT2D eigenvalue weighted by molar-refractivity contribution is -0.144. The third kappa shape index (κ3) is 11.9. The van der Waals surface area contributed by atoms with Gasteiger partial charge in [0.25, 0.3) is 0 Å². The van der Waals surface area contributed by atoms with E-state index < -0.39 is 5.97 Å². The number of hydrogen-bond donors (Lipinski definition) is 1. The lowest BCUT2D eigenvalue weighted by atomic mass is 9.98. The van der Waals surface area contributed by atoms with E-state index in [1.807, 2.05) is 24.3 Å². The van der Waals surface area contributed by atoms with E-state index in [0.717, 1.165) is 70.6 Å². The van der Waals surface area contributed by atoms with Crippen LogP contribution in [0.3, 0.4) is 0 Å². The van der Waals surface area contributed by atoms with Crippen LogP contribution in [0.5, 0.6) is 0 Å². The monoisotopic (exact) mass is 576 g/mol. The number of rotatable bonds is 23. The highest BCUT2D eigenvalue weighted by Crippen LogP contribution is 2.44. The zero-order valence-corrected chi connectivity index (χ0v) is 25.1. The van der Waals surface area contributed by atoms with Gasteiger partial charge in [-0.05, 0) is 60.8 Å². The predicted octanol–water partition coefficient (Wildman–Crippen LogP) is 8.59. The summed E-state index contributed by atoms with van der Waals surface area (Å²) in [6.45, 7) is 0.370. The molecule has 0 atom stereocenters. The fourth-order valence-corrected chi connectivity index (χ4v) is 5.83. The fourth-order valence-electron chi connectivity index (χ4n) is 5.83. The van der Waals surface area contributed by atoms with Gasteiger partial charge in [0.1, 0.15) is 18.2 Å². The van der Waals surface area contributed by atoms with Crippen LogP contribution in [0.1, 0.15) is 133 Å². The summed E-state index contributed by atoms with van der Waals surface area (Å²) in [5.41, 5.74) is 4.90. The van der Waals surface area contributed by atoms with Crippen molar-refractivity contribution in [2.24, 2.45) is 0 Å². The van der Waals surface area contributed by atoms with Crippen molar-refractivity contribution in [3.63, 3.8) is 0 Å². The molecule has 0 bridgehead atoms. The van der Waals surface area contributed by atoms with Gasteiger partial charge in [-0.1, -0.05) is 87.1 Å². The van der Waals surface area contributed by atoms with Gasteiger partial charge in [0.2, 0.25) is 0 Å². The number of ketones is 2. The lowest BCUT2D eigenvalue weighted by Crippen LogP contribution is -2.12. The number of Topliss-reactive ketones (excluding diaryl/α,β-unsaturated/α-hetero) is 2. The van der Waals surface area contributed by atoms with Gasteiger partial charge in [-0.2, -0.15) is 0 Å². The van der Waals surface area contributed by atoms with Gasteiger partial charge in [0.15, 0.2) is 0 Å². The summed E-state index contributed by atoms with van der Waals surface area (Å²) in [5.74, 6) is -0.210. The van der Waals surface area contributed by atoms with Crippen LogP contribution in [0, 0.1) is 0 Å². The Balaban J connectivity index is 1.13. The number of carboxylic acid groups (broad SMARTS) is 1. The molecule has 42 heavy (non-hydrogen) atoms. The van der Waals surface area contributed by atoms with Crippen LogP contribution < -0.4 is 0 Å². The molecule has 3 rings (SSSR count). The van der Waals surface area contributed by atoms with Crippen molar-refractivity contribution in [3.8, 4) is 11.1 Å². The third-order valence-corrected chi connectivity index (χ3v) is 8.22. The first kappa shape index (κ1) is 33.2. The van der Waals surface area contributed by atoms with Gasteiger partial charge in [0, 0.05) is 44.4 Å². The zero-order chi connectivity index (χ0) is 30.0. The van der Waals surface area contributed by atoms with Crippen LogP contribution in [0.2, 0.25) is 0 Å². The minimum atomic E-state index is -0.756. The number of ether oxygens (including phenoxy) is 1. The Kier molecular flexibility index (Phi) is 15.0. The average Bonchev–Trinajstić information content (AvgIpc) is 3.30. The number of benzene rings is 2. The molecule has 2 aromatic carbocycles. The molecule has 1 aliphatic rings. The maximum absolute atomic E-state index is 12.4. The average molecular weight is 577 g/mol. The standard InChI is InChI=1S/C36H48O6/c37-28(19-9-3-5-11-25-35(39)40)17-7-1-2-8-18-29(38)20-10-4-6-12-26-36(41)42-27-34-32-23-15-13-21-30(32)31-22-14-16-24-33(31)34/h13-16,21-24,34H,1-12,17-20,25-27H2,(H,39,40). The Morgan fingerprint density at radius 1 is 0.524 bits per heavy atom. The van der Waals surface area contributed by atoms with E-state index in [-0.39, 0.29) is 18.3 Å². The van der Waals surface area contributed by atoms with Crippen LogP contribution in [0.4, 0.5) is 0 Å². The van der Waals surface area contributed by atoms with E-state index >= 15 is 0 Å². The number of unbranched alkanes of at least 4 members (excludes halogenated alkanes) is 9. The molecule has 6 nitrogen and oxygen atoms in total. The Bertz CT molecular complexity index is 1110.